The van der Waals surface area contributed by atoms with Gasteiger partial charge in [-0.2, -0.15) is 0 Å². The average Bonchev–Trinajstić information content (AvgIpc) is 3.19. The first-order valence-electron chi connectivity index (χ1n) is 22.3. The van der Waals surface area contributed by atoms with Crippen molar-refractivity contribution in [2.24, 2.45) is 34.8 Å². The molecule has 19 heteroatoms. The van der Waals surface area contributed by atoms with Gasteiger partial charge in [0.05, 0.1) is 0 Å². The summed E-state index contributed by atoms with van der Waals surface area (Å²) in [7, 11) is 0. The van der Waals surface area contributed by atoms with Crippen LogP contribution in [0.4, 0.5) is 0 Å². The molecule has 0 bridgehead atoms. The van der Waals surface area contributed by atoms with Gasteiger partial charge in [-0.15, -0.1) is 0 Å². The molecule has 0 rings (SSSR count). The SMILES string of the molecule is CC(=O)NCCC(=O)N(CCC(=O)N(CCCCN)CCC(=O)NCCC(=O)N(CCC(=O)N(CCCCN)CCC(=O)N[C@@H](CCCCN)C(N)=O)CC(C)C)CC(C)C. The van der Waals surface area contributed by atoms with Gasteiger partial charge in [-0.1, -0.05) is 27.7 Å². The predicted octanol–water partition coefficient (Wildman–Crippen LogP) is -0.217. The van der Waals surface area contributed by atoms with E-state index in [1.165, 1.54) is 6.92 Å². The molecule has 0 aliphatic carbocycles. The molecule has 8 amide bonds. The van der Waals surface area contributed by atoms with Gasteiger partial charge in [0.2, 0.25) is 47.3 Å². The highest BCUT2D eigenvalue weighted by Gasteiger charge is 2.23. The number of carbonyl (C=O) groups excluding carboxylic acids is 8. The molecule has 0 saturated carbocycles. The Balaban J connectivity index is 5.33. The van der Waals surface area contributed by atoms with E-state index in [1.54, 1.807) is 19.6 Å². The number of primary amides is 1. The Morgan fingerprint density at radius 1 is 0.475 bits per heavy atom. The van der Waals surface area contributed by atoms with Gasteiger partial charge in [0.15, 0.2) is 0 Å². The van der Waals surface area contributed by atoms with E-state index < -0.39 is 17.9 Å². The number of unbranched alkanes of at least 4 members (excludes halogenated alkanes) is 3. The van der Waals surface area contributed by atoms with E-state index in [0.29, 0.717) is 90.8 Å². The number of amides is 8. The van der Waals surface area contributed by atoms with Crippen LogP contribution in [-0.2, 0) is 38.4 Å². The first-order chi connectivity index (χ1) is 28.9. The predicted molar refractivity (Wildman–Crippen MR) is 236 cm³/mol. The van der Waals surface area contributed by atoms with E-state index in [1.807, 2.05) is 27.7 Å². The van der Waals surface area contributed by atoms with Gasteiger partial charge in [-0.3, -0.25) is 38.4 Å². The van der Waals surface area contributed by atoms with Crippen molar-refractivity contribution >= 4 is 47.3 Å². The number of hydrogen-bond donors (Lipinski definition) is 7. The summed E-state index contributed by atoms with van der Waals surface area (Å²) in [5.41, 5.74) is 22.4. The molecule has 352 valence electrons. The Morgan fingerprint density at radius 3 is 1.28 bits per heavy atom. The summed E-state index contributed by atoms with van der Waals surface area (Å²) in [5.74, 6) is -2.06. The monoisotopic (exact) mass is 868 g/mol. The van der Waals surface area contributed by atoms with Gasteiger partial charge >= 0.3 is 0 Å². The third-order valence-electron chi connectivity index (χ3n) is 9.75. The topological polar surface area (TPSA) is 290 Å². The van der Waals surface area contributed by atoms with Gasteiger partial charge in [-0.05, 0) is 76.4 Å². The normalized spacial score (nSPS) is 11.5. The molecule has 0 spiro atoms. The maximum absolute atomic E-state index is 13.5. The average molecular weight is 868 g/mol. The summed E-state index contributed by atoms with van der Waals surface area (Å²) >= 11 is 0. The highest BCUT2D eigenvalue weighted by Crippen LogP contribution is 2.09. The minimum absolute atomic E-state index is 0.0140. The summed E-state index contributed by atoms with van der Waals surface area (Å²) in [6.07, 6.45) is 4.66. The molecular weight excluding hydrogens is 787 g/mol. The molecule has 0 radical (unpaired) electrons. The smallest absolute Gasteiger partial charge is 0.239 e. The van der Waals surface area contributed by atoms with Crippen molar-refractivity contribution in [1.29, 1.82) is 0 Å². The second-order valence-corrected chi connectivity index (χ2v) is 16.4. The molecule has 11 N–H and O–H groups in total. The summed E-state index contributed by atoms with van der Waals surface area (Å²) in [6.45, 7) is 13.3. The Hall–Kier alpha value is -4.36. The number of nitrogens with one attached hydrogen (secondary N) is 3. The van der Waals surface area contributed by atoms with E-state index in [2.05, 4.69) is 16.0 Å². The summed E-state index contributed by atoms with van der Waals surface area (Å²) in [5, 5.41) is 8.08. The lowest BCUT2D eigenvalue weighted by Crippen LogP contribution is -2.46. The zero-order valence-electron chi connectivity index (χ0n) is 38.0. The third kappa shape index (κ3) is 28.7. The van der Waals surface area contributed by atoms with Crippen LogP contribution in [0.5, 0.6) is 0 Å². The molecule has 0 aromatic rings. The van der Waals surface area contributed by atoms with Crippen LogP contribution in [-0.4, -0.2) is 158 Å². The quantitative estimate of drug-likeness (QED) is 0.0404. The first kappa shape index (κ1) is 56.6. The highest BCUT2D eigenvalue weighted by atomic mass is 16.2. The molecule has 1 atom stereocenters. The fraction of sp³-hybridized carbons (Fsp3) is 0.810. The standard InChI is InChI=1S/C42H81N11O8/c1-32(2)30-52(38(57)13-22-47-34(5)54)28-17-40(59)50(24-10-8-20-44)26-15-36(55)48-23-14-39(58)53(31-33(3)4)29-18-41(60)51(25-11-9-21-45)27-16-37(56)49-35(42(46)61)12-6-7-19-43/h32-33,35H,6-31,43-45H2,1-5H3,(H2,46,61)(H,47,54)(H,48,55)(H,49,56)/t35-/m0/s1. The van der Waals surface area contributed by atoms with Crippen molar-refractivity contribution < 1.29 is 38.4 Å². The minimum atomic E-state index is -0.818. The molecule has 0 aromatic carbocycles. The van der Waals surface area contributed by atoms with Crippen LogP contribution in [0.25, 0.3) is 0 Å². The van der Waals surface area contributed by atoms with E-state index in [-0.39, 0.29) is 125 Å². The molecular formula is C42H81N11O8. The Kier molecular flexibility index (Phi) is 31.8. The Morgan fingerprint density at radius 2 is 0.869 bits per heavy atom. The zero-order valence-corrected chi connectivity index (χ0v) is 38.0. The van der Waals surface area contributed by atoms with Crippen LogP contribution in [0.1, 0.15) is 118 Å². The minimum Gasteiger partial charge on any atom is -0.368 e. The summed E-state index contributed by atoms with van der Waals surface area (Å²) < 4.78 is 0. The van der Waals surface area contributed by atoms with Crippen LogP contribution >= 0.6 is 0 Å². The Labute approximate surface area is 364 Å². The van der Waals surface area contributed by atoms with E-state index >= 15 is 0 Å². The van der Waals surface area contributed by atoms with Gasteiger partial charge in [0, 0.05) is 111 Å². The number of nitrogens with zero attached hydrogens (tertiary/aromatic N) is 4. The summed E-state index contributed by atoms with van der Waals surface area (Å²) in [4.78, 5) is 108. The van der Waals surface area contributed by atoms with E-state index in [0.717, 1.165) is 0 Å². The van der Waals surface area contributed by atoms with Crippen molar-refractivity contribution in [1.82, 2.24) is 35.6 Å². The lowest BCUT2D eigenvalue weighted by Gasteiger charge is -2.28. The van der Waals surface area contributed by atoms with Crippen LogP contribution in [0.15, 0.2) is 0 Å². The molecule has 0 aromatic heterocycles. The van der Waals surface area contributed by atoms with Crippen molar-refractivity contribution in [2.45, 2.75) is 124 Å². The lowest BCUT2D eigenvalue weighted by molar-refractivity contribution is -0.136. The third-order valence-corrected chi connectivity index (χ3v) is 9.75. The van der Waals surface area contributed by atoms with Gasteiger partial charge in [0.1, 0.15) is 6.04 Å². The van der Waals surface area contributed by atoms with Crippen LogP contribution in [0.2, 0.25) is 0 Å². The molecule has 0 unspecified atom stereocenters. The zero-order chi connectivity index (χ0) is 46.2. The molecule has 0 heterocycles. The number of nitrogens with two attached hydrogens (primary N) is 4. The van der Waals surface area contributed by atoms with Gasteiger partial charge < -0.3 is 58.5 Å². The molecule has 0 aliphatic heterocycles. The maximum Gasteiger partial charge on any atom is 0.239 e. The van der Waals surface area contributed by atoms with Crippen LogP contribution < -0.4 is 38.9 Å². The van der Waals surface area contributed by atoms with Crippen molar-refractivity contribution in [3.05, 3.63) is 0 Å². The second kappa shape index (κ2) is 34.3. The van der Waals surface area contributed by atoms with Crippen molar-refractivity contribution in [3.63, 3.8) is 0 Å². The fourth-order valence-electron chi connectivity index (χ4n) is 6.49. The summed E-state index contributed by atoms with van der Waals surface area (Å²) in [6, 6.07) is -0.818. The molecule has 19 nitrogen and oxygen atoms in total. The van der Waals surface area contributed by atoms with Crippen molar-refractivity contribution in [3.8, 4) is 0 Å². The molecule has 0 aliphatic rings. The second-order valence-electron chi connectivity index (χ2n) is 16.4. The molecule has 0 saturated heterocycles. The first-order valence-corrected chi connectivity index (χ1v) is 22.3. The molecule has 0 fully saturated rings. The fourth-order valence-corrected chi connectivity index (χ4v) is 6.49. The highest BCUT2D eigenvalue weighted by molar-refractivity contribution is 5.87. The number of rotatable bonds is 36. The van der Waals surface area contributed by atoms with Gasteiger partial charge in [-0.25, -0.2) is 0 Å². The number of carbonyl (C=O) groups is 8. The van der Waals surface area contributed by atoms with Crippen LogP contribution in [0.3, 0.4) is 0 Å². The lowest BCUT2D eigenvalue weighted by atomic mass is 10.1. The Bertz CT molecular complexity index is 1330. The van der Waals surface area contributed by atoms with Gasteiger partial charge in [0.25, 0.3) is 0 Å². The van der Waals surface area contributed by atoms with E-state index in [4.69, 9.17) is 22.9 Å². The maximum atomic E-state index is 13.5. The van der Waals surface area contributed by atoms with E-state index in [9.17, 15) is 38.4 Å². The molecule has 61 heavy (non-hydrogen) atoms. The van der Waals surface area contributed by atoms with Crippen molar-refractivity contribution in [2.75, 3.05) is 85.1 Å². The van der Waals surface area contributed by atoms with Crippen LogP contribution in [0, 0.1) is 11.8 Å². The largest absolute Gasteiger partial charge is 0.368 e. The number of hydrogen-bond acceptors (Lipinski definition) is 11.